The van der Waals surface area contributed by atoms with Crippen molar-refractivity contribution in [2.24, 2.45) is 5.92 Å². The number of benzene rings is 1. The molecule has 6 heteroatoms. The number of likely N-dealkylation sites (N-methyl/N-ethyl adjacent to an activating group) is 1. The van der Waals surface area contributed by atoms with Gasteiger partial charge < -0.3 is 14.7 Å². The van der Waals surface area contributed by atoms with Crippen molar-refractivity contribution in [3.63, 3.8) is 0 Å². The number of rotatable bonds is 3. The molecule has 0 radical (unpaired) electrons. The maximum Gasteiger partial charge on any atom is 0.253 e. The Balaban J connectivity index is 1.71. The summed E-state index contributed by atoms with van der Waals surface area (Å²) in [5.41, 5.74) is 1.74. The van der Waals surface area contributed by atoms with Crippen LogP contribution in [-0.4, -0.2) is 60.7 Å². The van der Waals surface area contributed by atoms with E-state index in [9.17, 15) is 14.4 Å². The standard InChI is InChI=1S/C21H29N3O3/c1-14(2)12-18(25)23-8-10-24(11-9-23)19(26)15-6-7-17-16(13-15)21(3,4)20(27)22(17)5/h6-7,13-14H,8-12H2,1-5H3. The highest BCUT2D eigenvalue weighted by atomic mass is 16.2. The fourth-order valence-electron chi connectivity index (χ4n) is 3.93. The normalized spacial score (nSPS) is 18.9. The molecule has 3 rings (SSSR count). The summed E-state index contributed by atoms with van der Waals surface area (Å²) in [4.78, 5) is 42.9. The van der Waals surface area contributed by atoms with Crippen LogP contribution in [0.25, 0.3) is 0 Å². The summed E-state index contributed by atoms with van der Waals surface area (Å²) in [6.07, 6.45) is 0.551. The fourth-order valence-corrected chi connectivity index (χ4v) is 3.93. The molecule has 1 fully saturated rings. The number of carbonyl (C=O) groups is 3. The summed E-state index contributed by atoms with van der Waals surface area (Å²) in [5.74, 6) is 0.511. The second-order valence-electron chi connectivity index (χ2n) is 8.49. The number of nitrogens with zero attached hydrogens (tertiary/aromatic N) is 3. The Hall–Kier alpha value is -2.37. The third kappa shape index (κ3) is 3.45. The summed E-state index contributed by atoms with van der Waals surface area (Å²) < 4.78 is 0. The number of fused-ring (bicyclic) bond motifs is 1. The molecule has 0 bridgehead atoms. The van der Waals surface area contributed by atoms with E-state index in [0.717, 1.165) is 11.3 Å². The van der Waals surface area contributed by atoms with Crippen LogP contribution >= 0.6 is 0 Å². The van der Waals surface area contributed by atoms with E-state index in [-0.39, 0.29) is 17.7 Å². The largest absolute Gasteiger partial charge is 0.339 e. The molecule has 2 aliphatic heterocycles. The van der Waals surface area contributed by atoms with E-state index in [0.29, 0.717) is 44.1 Å². The molecule has 27 heavy (non-hydrogen) atoms. The molecule has 1 saturated heterocycles. The van der Waals surface area contributed by atoms with Crippen molar-refractivity contribution in [1.29, 1.82) is 0 Å². The highest BCUT2D eigenvalue weighted by molar-refractivity contribution is 6.08. The molecule has 0 spiro atoms. The lowest BCUT2D eigenvalue weighted by atomic mass is 9.85. The van der Waals surface area contributed by atoms with Gasteiger partial charge in [0, 0.05) is 50.9 Å². The number of hydrogen-bond acceptors (Lipinski definition) is 3. The number of piperazine rings is 1. The van der Waals surface area contributed by atoms with Crippen LogP contribution in [0.5, 0.6) is 0 Å². The molecule has 0 unspecified atom stereocenters. The van der Waals surface area contributed by atoms with Crippen LogP contribution in [0.1, 0.15) is 50.0 Å². The summed E-state index contributed by atoms with van der Waals surface area (Å²) in [6.45, 7) is 10.1. The number of amides is 3. The van der Waals surface area contributed by atoms with Gasteiger partial charge in [0.1, 0.15) is 0 Å². The molecule has 146 valence electrons. The average molecular weight is 371 g/mol. The second kappa shape index (κ2) is 6.98. The van der Waals surface area contributed by atoms with Crippen molar-refractivity contribution in [3.05, 3.63) is 29.3 Å². The Morgan fingerprint density at radius 2 is 1.67 bits per heavy atom. The van der Waals surface area contributed by atoms with E-state index >= 15 is 0 Å². The SMILES string of the molecule is CC(C)CC(=O)N1CCN(C(=O)c2ccc3c(c2)C(C)(C)C(=O)N3C)CC1. The van der Waals surface area contributed by atoms with Crippen molar-refractivity contribution >= 4 is 23.4 Å². The second-order valence-corrected chi connectivity index (χ2v) is 8.49. The van der Waals surface area contributed by atoms with Crippen LogP contribution in [0.3, 0.4) is 0 Å². The molecule has 0 N–H and O–H groups in total. The first-order chi connectivity index (χ1) is 12.6. The highest BCUT2D eigenvalue weighted by Gasteiger charge is 2.42. The van der Waals surface area contributed by atoms with Gasteiger partial charge in [-0.15, -0.1) is 0 Å². The predicted octanol–water partition coefficient (Wildman–Crippen LogP) is 2.27. The molecule has 0 saturated carbocycles. The fraction of sp³-hybridized carbons (Fsp3) is 0.571. The van der Waals surface area contributed by atoms with Gasteiger partial charge in [-0.25, -0.2) is 0 Å². The molecule has 2 aliphatic rings. The zero-order valence-electron chi connectivity index (χ0n) is 16.9. The summed E-state index contributed by atoms with van der Waals surface area (Å²) in [7, 11) is 1.77. The van der Waals surface area contributed by atoms with Crippen LogP contribution in [0.4, 0.5) is 5.69 Å². The van der Waals surface area contributed by atoms with Gasteiger partial charge in [-0.1, -0.05) is 13.8 Å². The predicted molar refractivity (Wildman–Crippen MR) is 105 cm³/mol. The molecule has 0 aromatic heterocycles. The van der Waals surface area contributed by atoms with E-state index < -0.39 is 5.41 Å². The molecule has 2 heterocycles. The minimum absolute atomic E-state index is 0.0356. The van der Waals surface area contributed by atoms with E-state index in [1.54, 1.807) is 22.9 Å². The van der Waals surface area contributed by atoms with Crippen LogP contribution < -0.4 is 4.90 Å². The minimum Gasteiger partial charge on any atom is -0.339 e. The first-order valence-electron chi connectivity index (χ1n) is 9.62. The van der Waals surface area contributed by atoms with Crippen LogP contribution in [0.2, 0.25) is 0 Å². The van der Waals surface area contributed by atoms with Crippen LogP contribution in [-0.2, 0) is 15.0 Å². The van der Waals surface area contributed by atoms with Gasteiger partial charge in [0.15, 0.2) is 0 Å². The van der Waals surface area contributed by atoms with Crippen molar-refractivity contribution in [2.75, 3.05) is 38.1 Å². The zero-order valence-corrected chi connectivity index (χ0v) is 16.9. The van der Waals surface area contributed by atoms with Crippen molar-refractivity contribution in [3.8, 4) is 0 Å². The van der Waals surface area contributed by atoms with E-state index in [2.05, 4.69) is 0 Å². The number of carbonyl (C=O) groups excluding carboxylic acids is 3. The van der Waals surface area contributed by atoms with Gasteiger partial charge >= 0.3 is 0 Å². The lowest BCUT2D eigenvalue weighted by Gasteiger charge is -2.35. The van der Waals surface area contributed by atoms with E-state index in [4.69, 9.17) is 0 Å². The zero-order chi connectivity index (χ0) is 19.9. The van der Waals surface area contributed by atoms with Gasteiger partial charge in [0.05, 0.1) is 5.41 Å². The Kier molecular flexibility index (Phi) is 5.02. The van der Waals surface area contributed by atoms with Crippen LogP contribution in [0.15, 0.2) is 18.2 Å². The van der Waals surface area contributed by atoms with E-state index in [1.807, 2.05) is 44.7 Å². The van der Waals surface area contributed by atoms with Crippen molar-refractivity contribution in [1.82, 2.24) is 9.80 Å². The number of hydrogen-bond donors (Lipinski definition) is 0. The summed E-state index contributed by atoms with van der Waals surface area (Å²) in [5, 5.41) is 0. The Bertz CT molecular complexity index is 777. The molecular formula is C21H29N3O3. The lowest BCUT2D eigenvalue weighted by molar-refractivity contribution is -0.133. The number of anilines is 1. The van der Waals surface area contributed by atoms with Gasteiger partial charge in [0.2, 0.25) is 11.8 Å². The molecule has 0 atom stereocenters. The van der Waals surface area contributed by atoms with Crippen molar-refractivity contribution in [2.45, 2.75) is 39.5 Å². The molecule has 3 amide bonds. The van der Waals surface area contributed by atoms with Crippen molar-refractivity contribution < 1.29 is 14.4 Å². The quantitative estimate of drug-likeness (QED) is 0.819. The van der Waals surface area contributed by atoms with Gasteiger partial charge in [0.25, 0.3) is 5.91 Å². The molecule has 1 aromatic carbocycles. The Labute approximate surface area is 161 Å². The average Bonchev–Trinajstić information content (AvgIpc) is 2.81. The smallest absolute Gasteiger partial charge is 0.253 e. The molecule has 0 aliphatic carbocycles. The van der Waals surface area contributed by atoms with Gasteiger partial charge in [-0.3, -0.25) is 14.4 Å². The van der Waals surface area contributed by atoms with Crippen LogP contribution in [0, 0.1) is 5.92 Å². The maximum atomic E-state index is 13.0. The Morgan fingerprint density at radius 3 is 2.26 bits per heavy atom. The third-order valence-corrected chi connectivity index (χ3v) is 5.62. The molecular weight excluding hydrogens is 342 g/mol. The first-order valence-corrected chi connectivity index (χ1v) is 9.62. The lowest BCUT2D eigenvalue weighted by Crippen LogP contribution is -2.50. The summed E-state index contributed by atoms with van der Waals surface area (Å²) in [6, 6.07) is 5.51. The summed E-state index contributed by atoms with van der Waals surface area (Å²) >= 11 is 0. The molecule has 6 nitrogen and oxygen atoms in total. The topological polar surface area (TPSA) is 60.9 Å². The highest BCUT2D eigenvalue weighted by Crippen LogP contribution is 2.41. The molecule has 1 aromatic rings. The maximum absolute atomic E-state index is 13.0. The van der Waals surface area contributed by atoms with Gasteiger partial charge in [-0.05, 0) is 43.5 Å². The minimum atomic E-state index is -0.623. The first kappa shape index (κ1) is 19.4. The monoisotopic (exact) mass is 371 g/mol. The van der Waals surface area contributed by atoms with E-state index in [1.165, 1.54) is 0 Å². The third-order valence-electron chi connectivity index (χ3n) is 5.62. The van der Waals surface area contributed by atoms with Gasteiger partial charge in [-0.2, -0.15) is 0 Å². The Morgan fingerprint density at radius 1 is 1.07 bits per heavy atom.